The van der Waals surface area contributed by atoms with Gasteiger partial charge < -0.3 is 10.1 Å². The molecule has 168 valence electrons. The number of alkyl halides is 3. The van der Waals surface area contributed by atoms with Crippen LogP contribution in [0, 0.1) is 11.7 Å². The first-order valence-corrected chi connectivity index (χ1v) is 10.8. The maximum absolute atomic E-state index is 13.6. The maximum Gasteiger partial charge on any atom is 0.416 e. The summed E-state index contributed by atoms with van der Waals surface area (Å²) in [5.41, 5.74) is -0.602. The highest BCUT2D eigenvalue weighted by Gasteiger charge is 2.34. The van der Waals surface area contributed by atoms with Crippen LogP contribution in [0.25, 0.3) is 0 Å². The SMILES string of the molecule is COc1ccc(F)cc1S(=O)(=O)N1CCC(C(=O)Nc2ccc(C(F)(F)F)cc2)CC1. The molecule has 1 N–H and O–H groups in total. The van der Waals surface area contributed by atoms with Gasteiger partial charge in [0.25, 0.3) is 0 Å². The number of hydrogen-bond acceptors (Lipinski definition) is 4. The molecule has 0 atom stereocenters. The molecule has 6 nitrogen and oxygen atoms in total. The molecule has 1 aliphatic rings. The third kappa shape index (κ3) is 5.16. The van der Waals surface area contributed by atoms with Crippen LogP contribution in [-0.2, 0) is 21.0 Å². The molecule has 0 bridgehead atoms. The fourth-order valence-corrected chi connectivity index (χ4v) is 4.97. The molecular weight excluding hydrogens is 440 g/mol. The first-order chi connectivity index (χ1) is 14.5. The normalized spacial score (nSPS) is 16.2. The minimum Gasteiger partial charge on any atom is -0.495 e. The van der Waals surface area contributed by atoms with E-state index in [0.29, 0.717) is 0 Å². The molecule has 1 amide bonds. The van der Waals surface area contributed by atoms with Crippen LogP contribution < -0.4 is 10.1 Å². The minimum absolute atomic E-state index is 0.0172. The van der Waals surface area contributed by atoms with Gasteiger partial charge in [-0.1, -0.05) is 0 Å². The van der Waals surface area contributed by atoms with Gasteiger partial charge in [-0.2, -0.15) is 17.5 Å². The molecule has 1 fully saturated rings. The van der Waals surface area contributed by atoms with Crippen LogP contribution in [0.15, 0.2) is 47.4 Å². The Morgan fingerprint density at radius 3 is 2.26 bits per heavy atom. The number of piperidine rings is 1. The van der Waals surface area contributed by atoms with Gasteiger partial charge in [0.15, 0.2) is 0 Å². The number of methoxy groups -OCH3 is 1. The van der Waals surface area contributed by atoms with Gasteiger partial charge in [-0.25, -0.2) is 12.8 Å². The van der Waals surface area contributed by atoms with Gasteiger partial charge in [-0.3, -0.25) is 4.79 Å². The molecular formula is C20H20F4N2O4S. The number of ether oxygens (including phenoxy) is 1. The second-order valence-electron chi connectivity index (χ2n) is 7.04. The van der Waals surface area contributed by atoms with E-state index in [9.17, 15) is 30.8 Å². The molecule has 3 rings (SSSR count). The van der Waals surface area contributed by atoms with Crippen molar-refractivity contribution in [2.45, 2.75) is 23.9 Å². The van der Waals surface area contributed by atoms with Crippen LogP contribution in [0.1, 0.15) is 18.4 Å². The monoisotopic (exact) mass is 460 g/mol. The Morgan fingerprint density at radius 1 is 1.10 bits per heavy atom. The summed E-state index contributed by atoms with van der Waals surface area (Å²) in [6.07, 6.45) is -4.04. The summed E-state index contributed by atoms with van der Waals surface area (Å²) in [7, 11) is -2.74. The largest absolute Gasteiger partial charge is 0.495 e. The minimum atomic E-state index is -4.47. The Balaban J connectivity index is 1.64. The molecule has 1 aliphatic heterocycles. The summed E-state index contributed by atoms with van der Waals surface area (Å²) in [5, 5.41) is 2.56. The van der Waals surface area contributed by atoms with E-state index in [2.05, 4.69) is 5.32 Å². The number of benzene rings is 2. The predicted molar refractivity (Wildman–Crippen MR) is 105 cm³/mol. The topological polar surface area (TPSA) is 75.7 Å². The van der Waals surface area contributed by atoms with E-state index in [1.165, 1.54) is 13.2 Å². The zero-order chi connectivity index (χ0) is 22.8. The number of halogens is 4. The number of rotatable bonds is 5. The van der Waals surface area contributed by atoms with Gasteiger partial charge in [-0.15, -0.1) is 0 Å². The number of nitrogens with zero attached hydrogens (tertiary/aromatic N) is 1. The van der Waals surface area contributed by atoms with Crippen LogP contribution in [0.4, 0.5) is 23.2 Å². The van der Waals surface area contributed by atoms with Gasteiger partial charge in [0.2, 0.25) is 15.9 Å². The third-order valence-electron chi connectivity index (χ3n) is 5.05. The Labute approximate surface area is 176 Å². The van der Waals surface area contributed by atoms with Crippen LogP contribution in [0.2, 0.25) is 0 Å². The molecule has 1 heterocycles. The number of amides is 1. The lowest BCUT2D eigenvalue weighted by Crippen LogP contribution is -2.41. The highest BCUT2D eigenvalue weighted by molar-refractivity contribution is 7.89. The van der Waals surface area contributed by atoms with Gasteiger partial charge in [-0.05, 0) is 55.3 Å². The number of sulfonamides is 1. The summed E-state index contributed by atoms with van der Waals surface area (Å²) >= 11 is 0. The van der Waals surface area contributed by atoms with E-state index in [1.54, 1.807) is 0 Å². The molecule has 0 aliphatic carbocycles. The van der Waals surface area contributed by atoms with Crippen molar-refractivity contribution in [3.8, 4) is 5.75 Å². The van der Waals surface area contributed by atoms with Crippen LogP contribution in [0.3, 0.4) is 0 Å². The van der Waals surface area contributed by atoms with Crippen molar-refractivity contribution in [2.24, 2.45) is 5.92 Å². The highest BCUT2D eigenvalue weighted by atomic mass is 32.2. The Morgan fingerprint density at radius 2 is 1.71 bits per heavy atom. The van der Waals surface area contributed by atoms with Crippen molar-refractivity contribution in [1.29, 1.82) is 0 Å². The quantitative estimate of drug-likeness (QED) is 0.687. The summed E-state index contributed by atoms with van der Waals surface area (Å²) in [6.45, 7) is 0.0696. The van der Waals surface area contributed by atoms with Crippen molar-refractivity contribution >= 4 is 21.6 Å². The van der Waals surface area contributed by atoms with Gasteiger partial charge >= 0.3 is 6.18 Å². The summed E-state index contributed by atoms with van der Waals surface area (Å²) in [5.74, 6) is -1.61. The van der Waals surface area contributed by atoms with Crippen molar-refractivity contribution in [3.05, 3.63) is 53.8 Å². The average Bonchev–Trinajstić information content (AvgIpc) is 2.73. The highest BCUT2D eigenvalue weighted by Crippen LogP contribution is 2.32. The molecule has 1 saturated heterocycles. The second kappa shape index (κ2) is 8.83. The van der Waals surface area contributed by atoms with Crippen molar-refractivity contribution in [3.63, 3.8) is 0 Å². The summed E-state index contributed by atoms with van der Waals surface area (Å²) in [6, 6.07) is 7.28. The molecule has 31 heavy (non-hydrogen) atoms. The standard InChI is InChI=1S/C20H20F4N2O4S/c1-30-17-7-4-15(21)12-18(17)31(28,29)26-10-8-13(9-11-26)19(27)25-16-5-2-14(3-6-16)20(22,23)24/h2-7,12-13H,8-11H2,1H3,(H,25,27). The predicted octanol–water partition coefficient (Wildman–Crippen LogP) is 3.89. The van der Waals surface area contributed by atoms with Gasteiger partial charge in [0, 0.05) is 24.7 Å². The molecule has 0 aromatic heterocycles. The fraction of sp³-hybridized carbons (Fsp3) is 0.350. The Bertz CT molecular complexity index is 1050. The first-order valence-electron chi connectivity index (χ1n) is 9.34. The van der Waals surface area contributed by atoms with Crippen molar-refractivity contribution < 1.29 is 35.5 Å². The number of carbonyl (C=O) groups is 1. The summed E-state index contributed by atoms with van der Waals surface area (Å²) in [4.78, 5) is 12.2. The third-order valence-corrected chi connectivity index (χ3v) is 6.97. The van der Waals surface area contributed by atoms with E-state index >= 15 is 0 Å². The van der Waals surface area contributed by atoms with Crippen molar-refractivity contribution in [1.82, 2.24) is 4.31 Å². The smallest absolute Gasteiger partial charge is 0.416 e. The molecule has 11 heteroatoms. The van der Waals surface area contributed by atoms with Crippen LogP contribution in [-0.4, -0.2) is 38.8 Å². The van der Waals surface area contributed by atoms with E-state index in [4.69, 9.17) is 4.74 Å². The summed E-state index contributed by atoms with van der Waals surface area (Å²) < 4.78 is 83.4. The lowest BCUT2D eigenvalue weighted by atomic mass is 9.97. The van der Waals surface area contributed by atoms with Crippen molar-refractivity contribution in [2.75, 3.05) is 25.5 Å². The number of hydrogen-bond donors (Lipinski definition) is 1. The number of nitrogens with one attached hydrogen (secondary N) is 1. The van der Waals surface area contributed by atoms with E-state index in [1.807, 2.05) is 0 Å². The van der Waals surface area contributed by atoms with Crippen LogP contribution >= 0.6 is 0 Å². The van der Waals surface area contributed by atoms with E-state index in [0.717, 1.165) is 40.7 Å². The molecule has 0 unspecified atom stereocenters. The number of anilines is 1. The molecule has 0 saturated carbocycles. The molecule has 0 spiro atoms. The average molecular weight is 460 g/mol. The lowest BCUT2D eigenvalue weighted by molar-refractivity contribution is -0.137. The molecule has 2 aromatic rings. The lowest BCUT2D eigenvalue weighted by Gasteiger charge is -2.30. The zero-order valence-electron chi connectivity index (χ0n) is 16.4. The van der Waals surface area contributed by atoms with Crippen LogP contribution in [0.5, 0.6) is 5.75 Å². The molecule has 2 aromatic carbocycles. The van der Waals surface area contributed by atoms with E-state index < -0.39 is 39.4 Å². The Hall–Kier alpha value is -2.66. The zero-order valence-corrected chi connectivity index (χ0v) is 17.3. The van der Waals surface area contributed by atoms with Gasteiger partial charge in [0.05, 0.1) is 12.7 Å². The van der Waals surface area contributed by atoms with Gasteiger partial charge in [0.1, 0.15) is 16.5 Å². The number of carbonyl (C=O) groups excluding carboxylic acids is 1. The molecule has 0 radical (unpaired) electrons. The fourth-order valence-electron chi connectivity index (χ4n) is 3.34. The second-order valence-corrected chi connectivity index (χ2v) is 8.94. The first kappa shape index (κ1) is 23.0. The van der Waals surface area contributed by atoms with E-state index in [-0.39, 0.29) is 42.3 Å². The Kier molecular flexibility index (Phi) is 6.56. The maximum atomic E-state index is 13.6.